The van der Waals surface area contributed by atoms with Crippen molar-refractivity contribution < 1.29 is 4.42 Å². The van der Waals surface area contributed by atoms with Gasteiger partial charge in [-0.3, -0.25) is 0 Å². The van der Waals surface area contributed by atoms with Gasteiger partial charge in [-0.25, -0.2) is 9.97 Å². The molecule has 11 rings (SSSR count). The van der Waals surface area contributed by atoms with Crippen LogP contribution >= 0.6 is 0 Å². The lowest BCUT2D eigenvalue weighted by atomic mass is 9.93. The number of hydrogen-bond donors (Lipinski definition) is 0. The zero-order chi connectivity index (χ0) is 35.6. The molecule has 1 aliphatic carbocycles. The number of furan rings is 1. The van der Waals surface area contributed by atoms with Crippen molar-refractivity contribution in [2.24, 2.45) is 0 Å². The maximum atomic E-state index is 6.93. The molecule has 0 saturated carbocycles. The Hall–Kier alpha value is -7.04. The van der Waals surface area contributed by atoms with E-state index in [1.807, 2.05) is 18.2 Å². The molecule has 1 aliphatic rings. The Labute approximate surface area is 312 Å². The van der Waals surface area contributed by atoms with E-state index in [1.165, 1.54) is 38.6 Å². The van der Waals surface area contributed by atoms with Gasteiger partial charge < -0.3 is 8.98 Å². The molecule has 54 heavy (non-hydrogen) atoms. The predicted molar refractivity (Wildman–Crippen MR) is 223 cm³/mol. The molecule has 0 unspecified atom stereocenters. The van der Waals surface area contributed by atoms with Crippen LogP contribution in [0, 0.1) is 0 Å². The van der Waals surface area contributed by atoms with Crippen molar-refractivity contribution in [3.63, 3.8) is 0 Å². The van der Waals surface area contributed by atoms with Gasteiger partial charge in [-0.2, -0.15) is 0 Å². The van der Waals surface area contributed by atoms with Crippen LogP contribution in [0.3, 0.4) is 0 Å². The second kappa shape index (κ2) is 12.3. The molecule has 4 nitrogen and oxygen atoms in total. The molecule has 7 aromatic carbocycles. The van der Waals surface area contributed by atoms with Crippen LogP contribution in [0.5, 0.6) is 0 Å². The van der Waals surface area contributed by atoms with Gasteiger partial charge in [-0.15, -0.1) is 0 Å². The van der Waals surface area contributed by atoms with Crippen LogP contribution in [0.15, 0.2) is 174 Å². The summed E-state index contributed by atoms with van der Waals surface area (Å²) in [6, 6.07) is 58.1. The van der Waals surface area contributed by atoms with Gasteiger partial charge in [0.1, 0.15) is 5.58 Å². The summed E-state index contributed by atoms with van der Waals surface area (Å²) in [7, 11) is 0. The fourth-order valence-corrected chi connectivity index (χ4v) is 8.36. The summed E-state index contributed by atoms with van der Waals surface area (Å²) in [5.41, 5.74) is 15.0. The molecule has 3 aromatic heterocycles. The minimum absolute atomic E-state index is 0.733. The molecule has 0 bridgehead atoms. The van der Waals surface area contributed by atoms with Crippen LogP contribution < -0.4 is 0 Å². The number of allylic oxidation sites excluding steroid dienone is 1. The molecule has 10 aromatic rings. The summed E-state index contributed by atoms with van der Waals surface area (Å²) in [6.45, 7) is 0. The van der Waals surface area contributed by atoms with Crippen molar-refractivity contribution in [1.82, 2.24) is 14.5 Å². The van der Waals surface area contributed by atoms with E-state index < -0.39 is 0 Å². The lowest BCUT2D eigenvalue weighted by Gasteiger charge is -2.17. The van der Waals surface area contributed by atoms with E-state index >= 15 is 0 Å². The van der Waals surface area contributed by atoms with Gasteiger partial charge >= 0.3 is 0 Å². The lowest BCUT2D eigenvalue weighted by molar-refractivity contribution is 0.666. The number of hydrogen-bond acceptors (Lipinski definition) is 3. The monoisotopic (exact) mass is 691 g/mol. The van der Waals surface area contributed by atoms with E-state index in [2.05, 4.69) is 162 Å². The zero-order valence-corrected chi connectivity index (χ0v) is 29.4. The topological polar surface area (TPSA) is 43.9 Å². The van der Waals surface area contributed by atoms with Gasteiger partial charge in [0.05, 0.1) is 28.1 Å². The summed E-state index contributed by atoms with van der Waals surface area (Å²) >= 11 is 0. The quantitative estimate of drug-likeness (QED) is 0.180. The second-order valence-corrected chi connectivity index (χ2v) is 14.0. The Bertz CT molecular complexity index is 2990. The first-order valence-electron chi connectivity index (χ1n) is 18.6. The number of aromatic nitrogens is 3. The highest BCUT2D eigenvalue weighted by atomic mass is 16.3. The van der Waals surface area contributed by atoms with Crippen LogP contribution in [0.25, 0.3) is 100 Å². The summed E-state index contributed by atoms with van der Waals surface area (Å²) < 4.78 is 9.31. The van der Waals surface area contributed by atoms with E-state index in [0.29, 0.717) is 0 Å². The van der Waals surface area contributed by atoms with Crippen LogP contribution in [0.4, 0.5) is 0 Å². The summed E-state index contributed by atoms with van der Waals surface area (Å²) in [6.07, 6.45) is 6.22. The first-order valence-corrected chi connectivity index (χ1v) is 18.6. The normalized spacial score (nSPS) is 12.6. The summed E-state index contributed by atoms with van der Waals surface area (Å²) in [4.78, 5) is 10.3. The zero-order valence-electron chi connectivity index (χ0n) is 29.4. The highest BCUT2D eigenvalue weighted by Crippen LogP contribution is 2.43. The highest BCUT2D eigenvalue weighted by molar-refractivity contribution is 6.16. The van der Waals surface area contributed by atoms with Crippen LogP contribution in [0.1, 0.15) is 17.7 Å². The summed E-state index contributed by atoms with van der Waals surface area (Å²) in [5.74, 6) is 0.733. The highest BCUT2D eigenvalue weighted by Gasteiger charge is 2.23. The molecule has 0 atom stereocenters. The molecule has 0 aliphatic heterocycles. The Morgan fingerprint density at radius 3 is 1.81 bits per heavy atom. The Kier molecular flexibility index (Phi) is 6.96. The van der Waals surface area contributed by atoms with Crippen molar-refractivity contribution in [2.75, 3.05) is 0 Å². The van der Waals surface area contributed by atoms with Crippen molar-refractivity contribution in [2.45, 2.75) is 12.8 Å². The van der Waals surface area contributed by atoms with Crippen LogP contribution in [-0.2, 0) is 6.42 Å². The predicted octanol–water partition coefficient (Wildman–Crippen LogP) is 13.1. The third-order valence-corrected chi connectivity index (χ3v) is 10.9. The van der Waals surface area contributed by atoms with Gasteiger partial charge in [0.2, 0.25) is 0 Å². The average molecular weight is 692 g/mol. The van der Waals surface area contributed by atoms with Crippen LogP contribution in [0.2, 0.25) is 0 Å². The third-order valence-electron chi connectivity index (χ3n) is 10.9. The number of nitrogens with zero attached hydrogens (tertiary/aromatic N) is 3. The number of para-hydroxylation sites is 1. The first kappa shape index (κ1) is 30.6. The minimum Gasteiger partial charge on any atom is -0.454 e. The first-order chi connectivity index (χ1) is 26.8. The number of benzene rings is 7. The van der Waals surface area contributed by atoms with E-state index in [4.69, 9.17) is 14.4 Å². The fourth-order valence-electron chi connectivity index (χ4n) is 8.36. The van der Waals surface area contributed by atoms with Gasteiger partial charge in [0.15, 0.2) is 11.4 Å². The fraction of sp³-hybridized carbons (Fsp3) is 0.0400. The molecule has 0 amide bonds. The molecular formula is C50H33N3O. The Morgan fingerprint density at radius 1 is 0.519 bits per heavy atom. The Balaban J connectivity index is 1.17. The maximum absolute atomic E-state index is 6.93. The minimum atomic E-state index is 0.733. The maximum Gasteiger partial charge on any atom is 0.160 e. The van der Waals surface area contributed by atoms with E-state index in [0.717, 1.165) is 79.8 Å². The molecule has 0 spiro atoms. The molecule has 0 saturated heterocycles. The van der Waals surface area contributed by atoms with Crippen molar-refractivity contribution in [3.05, 3.63) is 181 Å². The van der Waals surface area contributed by atoms with Gasteiger partial charge in [-0.1, -0.05) is 133 Å². The Morgan fingerprint density at radius 2 is 1.15 bits per heavy atom. The molecular weight excluding hydrogens is 659 g/mol. The molecule has 0 N–H and O–H groups in total. The van der Waals surface area contributed by atoms with Gasteiger partial charge in [0.25, 0.3) is 0 Å². The number of rotatable bonds is 5. The lowest BCUT2D eigenvalue weighted by Crippen LogP contribution is -2.05. The molecule has 3 heterocycles. The number of fused-ring (bicyclic) bond motifs is 7. The van der Waals surface area contributed by atoms with E-state index in [9.17, 15) is 0 Å². The molecule has 0 fully saturated rings. The van der Waals surface area contributed by atoms with E-state index in [1.54, 1.807) is 0 Å². The molecule has 254 valence electrons. The smallest absolute Gasteiger partial charge is 0.160 e. The third kappa shape index (κ3) is 4.84. The molecule has 4 heteroatoms. The van der Waals surface area contributed by atoms with E-state index in [-0.39, 0.29) is 0 Å². The standard InChI is InChI=1S/C50H33N3O/c1-4-14-32(15-5-1)35-26-28-43-40(30-35)41-31-36(33-16-6-2-7-17-33)27-29-44(41)53(43)45-24-12-22-39-47-38(21-13-25-46(47)54-49(39)45)48-37-20-10-11-23-42(37)51-50(52-48)34-18-8-3-9-19-34/h1-9,11-19,21-31H,10,20H2. The van der Waals surface area contributed by atoms with Crippen molar-refractivity contribution >= 4 is 49.8 Å². The van der Waals surface area contributed by atoms with Gasteiger partial charge in [0, 0.05) is 38.2 Å². The second-order valence-electron chi connectivity index (χ2n) is 14.0. The van der Waals surface area contributed by atoms with Crippen LogP contribution in [-0.4, -0.2) is 14.5 Å². The SMILES string of the molecule is C1=Cc2nc(-c3ccccc3)nc(-c3cccc4oc5c(-n6c7ccc(-c8ccccc8)cc7c7cc(-c8ccccc8)ccc76)cccc5c34)c2CC1. The van der Waals surface area contributed by atoms with Crippen molar-refractivity contribution in [3.8, 4) is 50.6 Å². The molecule has 0 radical (unpaired) electrons. The van der Waals surface area contributed by atoms with Gasteiger partial charge in [-0.05, 0) is 77.6 Å². The summed E-state index contributed by atoms with van der Waals surface area (Å²) in [5, 5.41) is 4.54. The van der Waals surface area contributed by atoms with Crippen molar-refractivity contribution in [1.29, 1.82) is 0 Å². The largest absolute Gasteiger partial charge is 0.454 e. The average Bonchev–Trinajstić information content (AvgIpc) is 3.80.